The monoisotopic (exact) mass is 237 g/mol. The van der Waals surface area contributed by atoms with Gasteiger partial charge < -0.3 is 15.6 Å². The van der Waals surface area contributed by atoms with E-state index in [1.54, 1.807) is 7.11 Å². The maximum Gasteiger partial charge on any atom is 0.0715 e. The Morgan fingerprint density at radius 1 is 1.35 bits per heavy atom. The van der Waals surface area contributed by atoms with Gasteiger partial charge >= 0.3 is 0 Å². The topological polar surface area (TPSA) is 55.5 Å². The van der Waals surface area contributed by atoms with E-state index < -0.39 is 0 Å². The highest BCUT2D eigenvalue weighted by atomic mass is 16.5. The van der Waals surface area contributed by atoms with Crippen LogP contribution in [0.25, 0.3) is 0 Å². The Hall–Kier alpha value is -0.900. The molecule has 0 saturated heterocycles. The number of aliphatic hydroxyl groups is 1. The van der Waals surface area contributed by atoms with Crippen molar-refractivity contribution in [2.24, 2.45) is 5.73 Å². The average molecular weight is 237 g/mol. The molecule has 1 aromatic carbocycles. The van der Waals surface area contributed by atoms with Crippen LogP contribution in [0.2, 0.25) is 0 Å². The molecular weight excluding hydrogens is 214 g/mol. The summed E-state index contributed by atoms with van der Waals surface area (Å²) >= 11 is 0. The van der Waals surface area contributed by atoms with Gasteiger partial charge in [0.2, 0.25) is 0 Å². The Balaban J connectivity index is 3.09. The summed E-state index contributed by atoms with van der Waals surface area (Å²) in [6, 6.07) is 8.13. The van der Waals surface area contributed by atoms with E-state index in [-0.39, 0.29) is 18.1 Å². The van der Waals surface area contributed by atoms with Crippen LogP contribution in [0.5, 0.6) is 0 Å². The van der Waals surface area contributed by atoms with Gasteiger partial charge in [0.1, 0.15) is 0 Å². The van der Waals surface area contributed by atoms with Crippen LogP contribution in [0.15, 0.2) is 24.3 Å². The second kappa shape index (κ2) is 6.15. The molecule has 0 aliphatic carbocycles. The first-order valence-corrected chi connectivity index (χ1v) is 5.97. The Kier molecular flexibility index (Phi) is 5.12. The summed E-state index contributed by atoms with van der Waals surface area (Å²) in [7, 11) is 1.69. The van der Waals surface area contributed by atoms with E-state index in [1.165, 1.54) is 5.56 Å². The number of aliphatic hydroxyl groups excluding tert-OH is 1. The molecule has 0 spiro atoms. The van der Waals surface area contributed by atoms with Crippen LogP contribution in [0, 0.1) is 0 Å². The Bertz CT molecular complexity index is 344. The molecule has 1 unspecified atom stereocenters. The summed E-state index contributed by atoms with van der Waals surface area (Å²) in [6.45, 7) is 4.72. The fourth-order valence-electron chi connectivity index (χ4n) is 2.22. The van der Waals surface area contributed by atoms with Crippen LogP contribution < -0.4 is 5.73 Å². The van der Waals surface area contributed by atoms with Crippen LogP contribution in [0.3, 0.4) is 0 Å². The van der Waals surface area contributed by atoms with Gasteiger partial charge in [0.25, 0.3) is 0 Å². The first-order valence-electron chi connectivity index (χ1n) is 5.97. The van der Waals surface area contributed by atoms with Gasteiger partial charge in [0.15, 0.2) is 0 Å². The summed E-state index contributed by atoms with van der Waals surface area (Å²) in [6.07, 6.45) is 0.671. The molecule has 0 heterocycles. The van der Waals surface area contributed by atoms with E-state index in [1.807, 2.05) is 26.0 Å². The first kappa shape index (κ1) is 14.2. The number of hydrogen-bond donors (Lipinski definition) is 2. The fourth-order valence-corrected chi connectivity index (χ4v) is 2.22. The third-order valence-corrected chi connectivity index (χ3v) is 3.05. The second-order valence-electron chi connectivity index (χ2n) is 5.02. The minimum atomic E-state index is -0.355. The molecule has 96 valence electrons. The van der Waals surface area contributed by atoms with E-state index in [0.717, 1.165) is 5.56 Å². The minimum Gasteiger partial charge on any atom is -0.396 e. The summed E-state index contributed by atoms with van der Waals surface area (Å²) in [5, 5.41) is 9.20. The maximum atomic E-state index is 9.20. The van der Waals surface area contributed by atoms with Crippen molar-refractivity contribution in [1.82, 2.24) is 0 Å². The molecule has 0 aromatic heterocycles. The molecule has 0 saturated carbocycles. The highest BCUT2D eigenvalue weighted by Gasteiger charge is 2.27. The first-order chi connectivity index (χ1) is 8.00. The van der Waals surface area contributed by atoms with Gasteiger partial charge in [-0.3, -0.25) is 0 Å². The predicted octanol–water partition coefficient (Wildman–Crippen LogP) is 2.04. The van der Waals surface area contributed by atoms with Crippen molar-refractivity contribution in [3.05, 3.63) is 35.4 Å². The summed E-state index contributed by atoms with van der Waals surface area (Å²) < 4.78 is 5.21. The van der Waals surface area contributed by atoms with Gasteiger partial charge in [-0.25, -0.2) is 0 Å². The van der Waals surface area contributed by atoms with Crippen molar-refractivity contribution in [2.45, 2.75) is 38.3 Å². The minimum absolute atomic E-state index is 0.138. The predicted molar refractivity (Wildman–Crippen MR) is 69.9 cm³/mol. The number of nitrogens with two attached hydrogens (primary N) is 1. The van der Waals surface area contributed by atoms with Crippen LogP contribution in [0.4, 0.5) is 0 Å². The molecule has 0 aliphatic heterocycles. The maximum absolute atomic E-state index is 9.20. The number of rotatable bonds is 6. The zero-order valence-corrected chi connectivity index (χ0v) is 10.9. The van der Waals surface area contributed by atoms with Gasteiger partial charge in [-0.2, -0.15) is 0 Å². The van der Waals surface area contributed by atoms with Crippen molar-refractivity contribution in [3.63, 3.8) is 0 Å². The van der Waals surface area contributed by atoms with Crippen LogP contribution in [0.1, 0.15) is 37.3 Å². The molecule has 1 aromatic rings. The zero-order valence-electron chi connectivity index (χ0n) is 10.9. The zero-order chi connectivity index (χ0) is 12.9. The lowest BCUT2D eigenvalue weighted by atomic mass is 9.79. The quantitative estimate of drug-likeness (QED) is 0.796. The van der Waals surface area contributed by atoms with E-state index in [9.17, 15) is 5.11 Å². The SMILES string of the molecule is COCc1ccccc1C(CCO)C(C)(C)N. The van der Waals surface area contributed by atoms with Crippen molar-refractivity contribution in [1.29, 1.82) is 0 Å². The highest BCUT2D eigenvalue weighted by molar-refractivity contribution is 5.32. The van der Waals surface area contributed by atoms with Crippen LogP contribution in [-0.2, 0) is 11.3 Å². The summed E-state index contributed by atoms with van der Waals surface area (Å²) in [5.74, 6) is 0.138. The number of hydrogen-bond acceptors (Lipinski definition) is 3. The number of methoxy groups -OCH3 is 1. The molecule has 3 nitrogen and oxygen atoms in total. The van der Waals surface area contributed by atoms with Gasteiger partial charge in [-0.15, -0.1) is 0 Å². The van der Waals surface area contributed by atoms with Crippen LogP contribution >= 0.6 is 0 Å². The van der Waals surface area contributed by atoms with Gasteiger partial charge in [-0.05, 0) is 31.4 Å². The number of ether oxygens (including phenoxy) is 1. The van der Waals surface area contributed by atoms with Gasteiger partial charge in [0.05, 0.1) is 6.61 Å². The van der Waals surface area contributed by atoms with Crippen molar-refractivity contribution >= 4 is 0 Å². The molecule has 0 aliphatic rings. The smallest absolute Gasteiger partial charge is 0.0715 e. The van der Waals surface area contributed by atoms with Crippen LogP contribution in [-0.4, -0.2) is 24.4 Å². The van der Waals surface area contributed by atoms with Crippen molar-refractivity contribution < 1.29 is 9.84 Å². The normalized spacial score (nSPS) is 13.7. The third-order valence-electron chi connectivity index (χ3n) is 3.05. The molecule has 1 rings (SSSR count). The molecule has 1 atom stereocenters. The molecule has 3 N–H and O–H groups in total. The lowest BCUT2D eigenvalue weighted by molar-refractivity contribution is 0.182. The molecule has 3 heteroatoms. The molecule has 0 bridgehead atoms. The average Bonchev–Trinajstić information content (AvgIpc) is 2.26. The highest BCUT2D eigenvalue weighted by Crippen LogP contribution is 2.31. The van der Waals surface area contributed by atoms with Crippen molar-refractivity contribution in [2.75, 3.05) is 13.7 Å². The Morgan fingerprint density at radius 2 is 2.00 bits per heavy atom. The molecule has 17 heavy (non-hydrogen) atoms. The summed E-state index contributed by atoms with van der Waals surface area (Å²) in [4.78, 5) is 0. The molecule has 0 amide bonds. The third kappa shape index (κ3) is 3.80. The summed E-state index contributed by atoms with van der Waals surface area (Å²) in [5.41, 5.74) is 8.18. The standard InChI is InChI=1S/C14H23NO2/c1-14(2,15)13(8-9-16)12-7-5-4-6-11(12)10-17-3/h4-7,13,16H,8-10,15H2,1-3H3. The lowest BCUT2D eigenvalue weighted by Gasteiger charge is -2.32. The number of benzene rings is 1. The Morgan fingerprint density at radius 3 is 2.53 bits per heavy atom. The molecule has 0 fully saturated rings. The molecule has 0 radical (unpaired) electrons. The van der Waals surface area contributed by atoms with E-state index in [2.05, 4.69) is 12.1 Å². The Labute approximate surface area is 104 Å². The van der Waals surface area contributed by atoms with E-state index in [4.69, 9.17) is 10.5 Å². The van der Waals surface area contributed by atoms with Crippen molar-refractivity contribution in [3.8, 4) is 0 Å². The largest absolute Gasteiger partial charge is 0.396 e. The second-order valence-corrected chi connectivity index (χ2v) is 5.02. The fraction of sp³-hybridized carbons (Fsp3) is 0.571. The van der Waals surface area contributed by atoms with Gasteiger partial charge in [0, 0.05) is 25.2 Å². The van der Waals surface area contributed by atoms with Gasteiger partial charge in [-0.1, -0.05) is 24.3 Å². The van der Waals surface area contributed by atoms with E-state index >= 15 is 0 Å². The lowest BCUT2D eigenvalue weighted by Crippen LogP contribution is -2.40. The van der Waals surface area contributed by atoms with E-state index in [0.29, 0.717) is 13.0 Å². The molecular formula is C14H23NO2.